The van der Waals surface area contributed by atoms with Crippen molar-refractivity contribution in [1.82, 2.24) is 0 Å². The number of aryl methyl sites for hydroxylation is 3. The molecule has 0 unspecified atom stereocenters. The molecule has 0 saturated carbocycles. The van der Waals surface area contributed by atoms with Crippen molar-refractivity contribution in [2.75, 3.05) is 28.3 Å². The summed E-state index contributed by atoms with van der Waals surface area (Å²) in [6.45, 7) is 4.35. The average Bonchev–Trinajstić information content (AvgIpc) is 2.62. The molecule has 27 heavy (non-hydrogen) atoms. The first kappa shape index (κ1) is 19.4. The van der Waals surface area contributed by atoms with Crippen LogP contribution in [0.2, 0.25) is 0 Å². The Bertz CT molecular complexity index is 852. The van der Waals surface area contributed by atoms with Crippen molar-refractivity contribution in [2.45, 2.75) is 26.7 Å². The van der Waals surface area contributed by atoms with Gasteiger partial charge < -0.3 is 10.2 Å². The minimum absolute atomic E-state index is 0.147. The Balaban J connectivity index is 1.54. The lowest BCUT2D eigenvalue weighted by atomic mass is 9.99. The molecule has 1 heterocycles. The van der Waals surface area contributed by atoms with Crippen LogP contribution in [0.3, 0.4) is 0 Å². The summed E-state index contributed by atoms with van der Waals surface area (Å²) >= 11 is 1.24. The fraction of sp³-hybridized carbons (Fsp3) is 0.333. The van der Waals surface area contributed by atoms with E-state index in [1.165, 1.54) is 22.7 Å². The van der Waals surface area contributed by atoms with Gasteiger partial charge in [0.1, 0.15) is 5.82 Å². The molecule has 2 amide bonds. The van der Waals surface area contributed by atoms with E-state index in [0.29, 0.717) is 12.2 Å². The zero-order valence-electron chi connectivity index (χ0n) is 15.5. The van der Waals surface area contributed by atoms with Crippen molar-refractivity contribution < 1.29 is 14.0 Å². The van der Waals surface area contributed by atoms with E-state index < -0.39 is 0 Å². The minimum atomic E-state index is -0.347. The molecule has 0 atom stereocenters. The molecule has 2 aromatic carbocycles. The highest BCUT2D eigenvalue weighted by molar-refractivity contribution is 8.00. The summed E-state index contributed by atoms with van der Waals surface area (Å²) in [6.07, 6.45) is 1.60. The number of benzene rings is 2. The number of hydrogen-bond donors (Lipinski definition) is 1. The van der Waals surface area contributed by atoms with Gasteiger partial charge in [0.15, 0.2) is 0 Å². The molecule has 3 rings (SSSR count). The molecule has 6 heteroatoms. The normalized spacial score (nSPS) is 13.2. The molecule has 0 fully saturated rings. The molecule has 0 spiro atoms. The SMILES string of the molecule is Cc1ccc(NC(=O)CSCC(=O)N2CCCc3cc(C)cc(F)c32)cc1. The molecule has 0 aliphatic carbocycles. The topological polar surface area (TPSA) is 49.4 Å². The van der Waals surface area contributed by atoms with Crippen LogP contribution in [0.15, 0.2) is 36.4 Å². The van der Waals surface area contributed by atoms with Crippen LogP contribution in [0.25, 0.3) is 0 Å². The zero-order valence-corrected chi connectivity index (χ0v) is 16.4. The highest BCUT2D eigenvalue weighted by Gasteiger charge is 2.26. The van der Waals surface area contributed by atoms with Crippen LogP contribution in [-0.2, 0) is 16.0 Å². The minimum Gasteiger partial charge on any atom is -0.325 e. The number of carbonyl (C=O) groups is 2. The van der Waals surface area contributed by atoms with E-state index in [-0.39, 0.29) is 29.1 Å². The molecule has 142 valence electrons. The van der Waals surface area contributed by atoms with Crippen molar-refractivity contribution in [1.29, 1.82) is 0 Å². The van der Waals surface area contributed by atoms with E-state index in [1.807, 2.05) is 44.2 Å². The van der Waals surface area contributed by atoms with Gasteiger partial charge in [-0.2, -0.15) is 0 Å². The first-order valence-corrected chi connectivity index (χ1v) is 10.1. The predicted octanol–water partition coefficient (Wildman–Crippen LogP) is 4.09. The number of nitrogens with one attached hydrogen (secondary N) is 1. The maximum atomic E-state index is 14.4. The van der Waals surface area contributed by atoms with E-state index in [2.05, 4.69) is 5.32 Å². The number of amides is 2. The van der Waals surface area contributed by atoms with E-state index >= 15 is 0 Å². The Morgan fingerprint density at radius 2 is 1.85 bits per heavy atom. The molecule has 0 radical (unpaired) electrons. The third-order valence-electron chi connectivity index (χ3n) is 4.48. The van der Waals surface area contributed by atoms with Crippen molar-refractivity contribution in [3.05, 3.63) is 58.9 Å². The van der Waals surface area contributed by atoms with Gasteiger partial charge >= 0.3 is 0 Å². The number of hydrogen-bond acceptors (Lipinski definition) is 3. The maximum Gasteiger partial charge on any atom is 0.237 e. The molecule has 4 nitrogen and oxygen atoms in total. The molecule has 0 aromatic heterocycles. The third-order valence-corrected chi connectivity index (χ3v) is 5.40. The van der Waals surface area contributed by atoms with Gasteiger partial charge in [-0.15, -0.1) is 11.8 Å². The number of thioether (sulfide) groups is 1. The van der Waals surface area contributed by atoms with Gasteiger partial charge in [-0.05, 0) is 56.0 Å². The lowest BCUT2D eigenvalue weighted by Crippen LogP contribution is -2.37. The van der Waals surface area contributed by atoms with E-state index in [4.69, 9.17) is 0 Å². The Morgan fingerprint density at radius 1 is 1.11 bits per heavy atom. The van der Waals surface area contributed by atoms with Crippen LogP contribution in [0.5, 0.6) is 0 Å². The number of halogens is 1. The largest absolute Gasteiger partial charge is 0.325 e. The van der Waals surface area contributed by atoms with Gasteiger partial charge in [-0.1, -0.05) is 23.8 Å². The van der Waals surface area contributed by atoms with Crippen molar-refractivity contribution in [3.63, 3.8) is 0 Å². The van der Waals surface area contributed by atoms with Crippen LogP contribution in [0.4, 0.5) is 15.8 Å². The average molecular weight is 386 g/mol. The van der Waals surface area contributed by atoms with Crippen LogP contribution in [0.1, 0.15) is 23.1 Å². The second kappa shape index (κ2) is 8.57. The summed E-state index contributed by atoms with van der Waals surface area (Å²) in [7, 11) is 0. The number of anilines is 2. The standard InChI is InChI=1S/C21H23FN2O2S/c1-14-5-7-17(8-6-14)23-19(25)12-27-13-20(26)24-9-3-4-16-10-15(2)11-18(22)21(16)24/h5-8,10-11H,3-4,9,12-13H2,1-2H3,(H,23,25). The summed E-state index contributed by atoms with van der Waals surface area (Å²) in [5.74, 6) is -0.338. The molecule has 1 aliphatic heterocycles. The quantitative estimate of drug-likeness (QED) is 0.842. The number of rotatable bonds is 5. The van der Waals surface area contributed by atoms with Crippen molar-refractivity contribution in [3.8, 4) is 0 Å². The van der Waals surface area contributed by atoms with Crippen LogP contribution < -0.4 is 10.2 Å². The molecular weight excluding hydrogens is 363 g/mol. The molecule has 1 aliphatic rings. The Labute approximate surface area is 163 Å². The van der Waals surface area contributed by atoms with Crippen LogP contribution in [-0.4, -0.2) is 29.9 Å². The number of carbonyl (C=O) groups excluding carboxylic acids is 2. The molecule has 1 N–H and O–H groups in total. The van der Waals surface area contributed by atoms with Crippen LogP contribution in [0, 0.1) is 19.7 Å². The Hall–Kier alpha value is -2.34. The molecule has 0 saturated heterocycles. The summed E-state index contributed by atoms with van der Waals surface area (Å²) in [6, 6.07) is 11.0. The highest BCUT2D eigenvalue weighted by Crippen LogP contribution is 2.31. The predicted molar refractivity (Wildman–Crippen MR) is 109 cm³/mol. The van der Waals surface area contributed by atoms with Gasteiger partial charge in [0.05, 0.1) is 17.2 Å². The highest BCUT2D eigenvalue weighted by atomic mass is 32.2. The molecular formula is C21H23FN2O2S. The second-order valence-corrected chi connectivity index (χ2v) is 7.80. The first-order chi connectivity index (χ1) is 12.9. The molecule has 0 bridgehead atoms. The Kier molecular flexibility index (Phi) is 6.16. The molecule has 2 aromatic rings. The number of nitrogens with zero attached hydrogens (tertiary/aromatic N) is 1. The summed E-state index contributed by atoms with van der Waals surface area (Å²) in [5.41, 5.74) is 4.01. The van der Waals surface area contributed by atoms with Gasteiger partial charge in [-0.25, -0.2) is 4.39 Å². The first-order valence-electron chi connectivity index (χ1n) is 8.97. The Morgan fingerprint density at radius 3 is 2.59 bits per heavy atom. The maximum absolute atomic E-state index is 14.4. The van der Waals surface area contributed by atoms with E-state index in [1.54, 1.807) is 0 Å². The van der Waals surface area contributed by atoms with Crippen molar-refractivity contribution in [2.24, 2.45) is 0 Å². The van der Waals surface area contributed by atoms with Gasteiger partial charge in [-0.3, -0.25) is 9.59 Å². The van der Waals surface area contributed by atoms with Gasteiger partial charge in [0.2, 0.25) is 11.8 Å². The van der Waals surface area contributed by atoms with Crippen LogP contribution >= 0.6 is 11.8 Å². The summed E-state index contributed by atoms with van der Waals surface area (Å²) in [5, 5.41) is 2.81. The fourth-order valence-corrected chi connectivity index (χ4v) is 3.92. The zero-order chi connectivity index (χ0) is 19.4. The number of fused-ring (bicyclic) bond motifs is 1. The van der Waals surface area contributed by atoms with E-state index in [0.717, 1.165) is 35.2 Å². The van der Waals surface area contributed by atoms with E-state index in [9.17, 15) is 14.0 Å². The lowest BCUT2D eigenvalue weighted by molar-refractivity contribution is -0.116. The fourth-order valence-electron chi connectivity index (χ4n) is 3.23. The lowest BCUT2D eigenvalue weighted by Gasteiger charge is -2.30. The van der Waals surface area contributed by atoms with Gasteiger partial charge in [0, 0.05) is 12.2 Å². The van der Waals surface area contributed by atoms with Crippen molar-refractivity contribution >= 4 is 35.0 Å². The van der Waals surface area contributed by atoms with Gasteiger partial charge in [0.25, 0.3) is 0 Å². The monoisotopic (exact) mass is 386 g/mol. The third kappa shape index (κ3) is 4.89. The summed E-state index contributed by atoms with van der Waals surface area (Å²) in [4.78, 5) is 26.1. The summed E-state index contributed by atoms with van der Waals surface area (Å²) < 4.78 is 14.4. The second-order valence-electron chi connectivity index (χ2n) is 6.81. The smallest absolute Gasteiger partial charge is 0.237 e.